The highest BCUT2D eigenvalue weighted by atomic mass is 16.2. The molecule has 0 saturated carbocycles. The minimum absolute atomic E-state index is 0.0426. The highest BCUT2D eigenvalue weighted by molar-refractivity contribution is 6.03. The van der Waals surface area contributed by atoms with Crippen LogP contribution < -0.4 is 10.6 Å². The lowest BCUT2D eigenvalue weighted by atomic mass is 10.1. The van der Waals surface area contributed by atoms with Crippen molar-refractivity contribution in [3.63, 3.8) is 0 Å². The fourth-order valence-electron chi connectivity index (χ4n) is 2.81. The standard InChI is InChI=1S/C21H21N3O2/c1-22-20(25)14-15-8-10-17(11-9-15)23-21(26)19-13-12-18(24(19)2)16-6-4-3-5-7-16/h3-13H,14H2,1-2H3,(H,22,25)(H,23,26). The third kappa shape index (κ3) is 3.83. The van der Waals surface area contributed by atoms with Gasteiger partial charge in [-0.05, 0) is 35.4 Å². The van der Waals surface area contributed by atoms with E-state index in [4.69, 9.17) is 0 Å². The van der Waals surface area contributed by atoms with Gasteiger partial charge in [-0.15, -0.1) is 0 Å². The van der Waals surface area contributed by atoms with Gasteiger partial charge in [0.05, 0.1) is 6.42 Å². The minimum Gasteiger partial charge on any atom is -0.359 e. The first-order valence-electron chi connectivity index (χ1n) is 8.40. The molecule has 0 aliphatic rings. The van der Waals surface area contributed by atoms with Crippen LogP contribution in [0.3, 0.4) is 0 Å². The Balaban J connectivity index is 1.73. The van der Waals surface area contributed by atoms with E-state index in [1.165, 1.54) is 0 Å². The molecule has 26 heavy (non-hydrogen) atoms. The zero-order valence-corrected chi connectivity index (χ0v) is 14.8. The van der Waals surface area contributed by atoms with Gasteiger partial charge >= 0.3 is 0 Å². The van der Waals surface area contributed by atoms with Crippen molar-refractivity contribution in [2.75, 3.05) is 12.4 Å². The smallest absolute Gasteiger partial charge is 0.272 e. The molecule has 0 aliphatic heterocycles. The Morgan fingerprint density at radius 1 is 0.923 bits per heavy atom. The van der Waals surface area contributed by atoms with Crippen molar-refractivity contribution in [1.29, 1.82) is 0 Å². The number of rotatable bonds is 5. The number of hydrogen-bond acceptors (Lipinski definition) is 2. The molecule has 3 rings (SSSR count). The highest BCUT2D eigenvalue weighted by Crippen LogP contribution is 2.22. The van der Waals surface area contributed by atoms with E-state index in [-0.39, 0.29) is 11.8 Å². The molecule has 0 aliphatic carbocycles. The van der Waals surface area contributed by atoms with E-state index in [0.717, 1.165) is 16.8 Å². The van der Waals surface area contributed by atoms with Crippen LogP contribution in [-0.4, -0.2) is 23.4 Å². The fourth-order valence-corrected chi connectivity index (χ4v) is 2.81. The van der Waals surface area contributed by atoms with E-state index in [9.17, 15) is 9.59 Å². The first-order chi connectivity index (χ1) is 12.6. The fraction of sp³-hybridized carbons (Fsp3) is 0.143. The largest absolute Gasteiger partial charge is 0.359 e. The van der Waals surface area contributed by atoms with Gasteiger partial charge in [0, 0.05) is 25.5 Å². The van der Waals surface area contributed by atoms with Gasteiger partial charge in [-0.2, -0.15) is 0 Å². The van der Waals surface area contributed by atoms with E-state index in [1.807, 2.05) is 66.2 Å². The lowest BCUT2D eigenvalue weighted by molar-refractivity contribution is -0.119. The normalized spacial score (nSPS) is 10.4. The Kier molecular flexibility index (Phi) is 5.17. The molecule has 2 amide bonds. The predicted molar refractivity (Wildman–Crippen MR) is 103 cm³/mol. The van der Waals surface area contributed by atoms with Gasteiger partial charge in [0.1, 0.15) is 5.69 Å². The first kappa shape index (κ1) is 17.5. The van der Waals surface area contributed by atoms with Crippen LogP contribution in [-0.2, 0) is 18.3 Å². The number of nitrogens with one attached hydrogen (secondary N) is 2. The monoisotopic (exact) mass is 347 g/mol. The summed E-state index contributed by atoms with van der Waals surface area (Å²) in [5, 5.41) is 5.49. The van der Waals surface area contributed by atoms with Crippen LogP contribution in [0.4, 0.5) is 5.69 Å². The summed E-state index contributed by atoms with van der Waals surface area (Å²) >= 11 is 0. The number of nitrogens with zero attached hydrogens (tertiary/aromatic N) is 1. The van der Waals surface area contributed by atoms with Gasteiger partial charge in [0.2, 0.25) is 5.91 Å². The summed E-state index contributed by atoms with van der Waals surface area (Å²) in [5.74, 6) is -0.215. The van der Waals surface area contributed by atoms with Crippen molar-refractivity contribution >= 4 is 17.5 Å². The third-order valence-electron chi connectivity index (χ3n) is 4.28. The van der Waals surface area contributed by atoms with Gasteiger partial charge < -0.3 is 15.2 Å². The Morgan fingerprint density at radius 2 is 1.62 bits per heavy atom. The molecule has 3 aromatic rings. The number of carbonyl (C=O) groups excluding carboxylic acids is 2. The molecule has 5 nitrogen and oxygen atoms in total. The summed E-state index contributed by atoms with van der Waals surface area (Å²) in [5.41, 5.74) is 4.22. The number of benzene rings is 2. The molecule has 0 saturated heterocycles. The molecule has 1 aromatic heterocycles. The predicted octanol–water partition coefficient (Wildman–Crippen LogP) is 3.23. The molecule has 0 bridgehead atoms. The summed E-state index contributed by atoms with van der Waals surface area (Å²) in [6.45, 7) is 0. The minimum atomic E-state index is -0.172. The van der Waals surface area contributed by atoms with Gasteiger partial charge in [0.25, 0.3) is 5.91 Å². The maximum Gasteiger partial charge on any atom is 0.272 e. The van der Waals surface area contributed by atoms with Crippen molar-refractivity contribution in [3.05, 3.63) is 78.0 Å². The van der Waals surface area contributed by atoms with Crippen molar-refractivity contribution in [2.24, 2.45) is 7.05 Å². The molecule has 2 aromatic carbocycles. The van der Waals surface area contributed by atoms with E-state index in [1.54, 1.807) is 19.2 Å². The van der Waals surface area contributed by atoms with Crippen molar-refractivity contribution in [2.45, 2.75) is 6.42 Å². The molecule has 1 heterocycles. The number of aromatic nitrogens is 1. The zero-order valence-electron chi connectivity index (χ0n) is 14.8. The van der Waals surface area contributed by atoms with E-state index < -0.39 is 0 Å². The van der Waals surface area contributed by atoms with Crippen LogP contribution in [0, 0.1) is 0 Å². The molecule has 5 heteroatoms. The van der Waals surface area contributed by atoms with Crippen LogP contribution >= 0.6 is 0 Å². The summed E-state index contributed by atoms with van der Waals surface area (Å²) in [6, 6.07) is 21.0. The number of likely N-dealkylation sites (N-methyl/N-ethyl adjacent to an activating group) is 1. The van der Waals surface area contributed by atoms with Crippen LogP contribution in [0.5, 0.6) is 0 Å². The summed E-state index contributed by atoms with van der Waals surface area (Å²) < 4.78 is 1.88. The van der Waals surface area contributed by atoms with Crippen LogP contribution in [0.1, 0.15) is 16.1 Å². The van der Waals surface area contributed by atoms with E-state index in [2.05, 4.69) is 10.6 Å². The number of hydrogen-bond donors (Lipinski definition) is 2. The Bertz CT molecular complexity index is 912. The average Bonchev–Trinajstić information content (AvgIpc) is 3.05. The molecule has 0 atom stereocenters. The Labute approximate surface area is 152 Å². The van der Waals surface area contributed by atoms with Crippen LogP contribution in [0.25, 0.3) is 11.3 Å². The van der Waals surface area contributed by atoms with E-state index >= 15 is 0 Å². The van der Waals surface area contributed by atoms with Gasteiger partial charge in [-0.3, -0.25) is 9.59 Å². The molecule has 0 radical (unpaired) electrons. The van der Waals surface area contributed by atoms with Gasteiger partial charge in [-0.1, -0.05) is 42.5 Å². The third-order valence-corrected chi connectivity index (χ3v) is 4.28. The lowest BCUT2D eigenvalue weighted by Crippen LogP contribution is -2.20. The van der Waals surface area contributed by atoms with Crippen molar-refractivity contribution < 1.29 is 9.59 Å². The lowest BCUT2D eigenvalue weighted by Gasteiger charge is -2.09. The van der Waals surface area contributed by atoms with Crippen LogP contribution in [0.15, 0.2) is 66.7 Å². The first-order valence-corrected chi connectivity index (χ1v) is 8.40. The Morgan fingerprint density at radius 3 is 2.27 bits per heavy atom. The topological polar surface area (TPSA) is 63.1 Å². The van der Waals surface area contributed by atoms with E-state index in [0.29, 0.717) is 17.8 Å². The van der Waals surface area contributed by atoms with Gasteiger partial charge in [-0.25, -0.2) is 0 Å². The quantitative estimate of drug-likeness (QED) is 0.744. The average molecular weight is 347 g/mol. The number of anilines is 1. The molecule has 132 valence electrons. The molecule has 2 N–H and O–H groups in total. The summed E-state index contributed by atoms with van der Waals surface area (Å²) in [4.78, 5) is 24.0. The van der Waals surface area contributed by atoms with Crippen molar-refractivity contribution in [3.8, 4) is 11.3 Å². The van der Waals surface area contributed by atoms with Crippen LogP contribution in [0.2, 0.25) is 0 Å². The SMILES string of the molecule is CNC(=O)Cc1ccc(NC(=O)c2ccc(-c3ccccc3)n2C)cc1. The highest BCUT2D eigenvalue weighted by Gasteiger charge is 2.13. The summed E-state index contributed by atoms with van der Waals surface area (Å²) in [7, 11) is 3.49. The zero-order chi connectivity index (χ0) is 18.5. The van der Waals surface area contributed by atoms with Gasteiger partial charge in [0.15, 0.2) is 0 Å². The molecule has 0 unspecified atom stereocenters. The molecular weight excluding hydrogens is 326 g/mol. The second-order valence-corrected chi connectivity index (χ2v) is 6.03. The number of carbonyl (C=O) groups is 2. The second kappa shape index (κ2) is 7.70. The molecular formula is C21H21N3O2. The maximum absolute atomic E-state index is 12.6. The second-order valence-electron chi connectivity index (χ2n) is 6.03. The molecule has 0 spiro atoms. The summed E-state index contributed by atoms with van der Waals surface area (Å²) in [6.07, 6.45) is 0.322. The number of amides is 2. The Hall–Kier alpha value is -3.34. The molecule has 0 fully saturated rings. The maximum atomic E-state index is 12.6. The van der Waals surface area contributed by atoms with Crippen molar-refractivity contribution in [1.82, 2.24) is 9.88 Å².